The Balaban J connectivity index is 3.04. The van der Waals surface area contributed by atoms with E-state index in [9.17, 15) is 4.79 Å². The van der Waals surface area contributed by atoms with E-state index in [0.29, 0.717) is 0 Å². The van der Waals surface area contributed by atoms with Crippen molar-refractivity contribution in [1.82, 2.24) is 0 Å². The van der Waals surface area contributed by atoms with Crippen molar-refractivity contribution in [2.45, 2.75) is 6.92 Å². The Morgan fingerprint density at radius 1 is 1.55 bits per heavy atom. The van der Waals surface area contributed by atoms with Crippen LogP contribution in [0.1, 0.15) is 15.2 Å². The molecule has 0 aliphatic carbocycles. The Labute approximate surface area is 70.5 Å². The normalized spacial score (nSPS) is 9.73. The average molecular weight is 169 g/mol. The van der Waals surface area contributed by atoms with Gasteiger partial charge >= 0.3 is 0 Å². The Kier molecular flexibility index (Phi) is 2.29. The minimum atomic E-state index is 0.828. The fraction of sp³-hybridized carbons (Fsp3) is 0.375. The highest BCUT2D eigenvalue weighted by Crippen LogP contribution is 2.26. The van der Waals surface area contributed by atoms with E-state index < -0.39 is 0 Å². The molecule has 0 spiro atoms. The largest absolute Gasteiger partial charge is 0.370 e. The summed E-state index contributed by atoms with van der Waals surface area (Å²) in [5.41, 5.74) is 1.06. The van der Waals surface area contributed by atoms with Gasteiger partial charge in [0, 0.05) is 14.1 Å². The monoisotopic (exact) mass is 169 g/mol. The summed E-state index contributed by atoms with van der Waals surface area (Å²) in [7, 11) is 3.94. The Hall–Kier alpha value is -0.830. The number of hydrogen-bond donors (Lipinski definition) is 0. The van der Waals surface area contributed by atoms with Crippen molar-refractivity contribution in [3.05, 3.63) is 16.5 Å². The zero-order valence-corrected chi connectivity index (χ0v) is 7.73. The topological polar surface area (TPSA) is 20.3 Å². The molecule has 0 saturated heterocycles. The highest BCUT2D eigenvalue weighted by atomic mass is 32.1. The summed E-state index contributed by atoms with van der Waals surface area (Å²) in [4.78, 5) is 13.3. The fourth-order valence-corrected chi connectivity index (χ4v) is 1.73. The van der Waals surface area contributed by atoms with Crippen LogP contribution in [0.4, 0.5) is 5.00 Å². The zero-order valence-electron chi connectivity index (χ0n) is 6.92. The third-order valence-electron chi connectivity index (χ3n) is 1.49. The lowest BCUT2D eigenvalue weighted by Crippen LogP contribution is -2.05. The van der Waals surface area contributed by atoms with Gasteiger partial charge in [-0.3, -0.25) is 4.79 Å². The van der Waals surface area contributed by atoms with Gasteiger partial charge in [-0.2, -0.15) is 0 Å². The molecule has 11 heavy (non-hydrogen) atoms. The van der Waals surface area contributed by atoms with Gasteiger partial charge in [0.15, 0.2) is 6.29 Å². The predicted octanol–water partition coefficient (Wildman–Crippen LogP) is 1.94. The van der Waals surface area contributed by atoms with Crippen LogP contribution < -0.4 is 4.90 Å². The van der Waals surface area contributed by atoms with Crippen LogP contribution in [0.25, 0.3) is 0 Å². The summed E-state index contributed by atoms with van der Waals surface area (Å²) >= 11 is 1.53. The van der Waals surface area contributed by atoms with Crippen LogP contribution in [0.15, 0.2) is 6.07 Å². The summed E-state index contributed by atoms with van der Waals surface area (Å²) < 4.78 is 0. The summed E-state index contributed by atoms with van der Waals surface area (Å²) in [6.45, 7) is 1.95. The molecule has 0 unspecified atom stereocenters. The number of thiophene rings is 1. The van der Waals surface area contributed by atoms with Gasteiger partial charge in [0.2, 0.25) is 0 Å². The minimum Gasteiger partial charge on any atom is -0.370 e. The highest BCUT2D eigenvalue weighted by Gasteiger charge is 2.04. The molecular formula is C8H11NOS. The molecule has 0 aliphatic rings. The van der Waals surface area contributed by atoms with Crippen molar-refractivity contribution < 1.29 is 4.79 Å². The van der Waals surface area contributed by atoms with Crippen LogP contribution in [-0.4, -0.2) is 20.4 Å². The fourth-order valence-electron chi connectivity index (χ4n) is 0.816. The second-order valence-electron chi connectivity index (χ2n) is 2.64. The highest BCUT2D eigenvalue weighted by molar-refractivity contribution is 7.17. The van der Waals surface area contributed by atoms with Crippen LogP contribution in [0.2, 0.25) is 0 Å². The second-order valence-corrected chi connectivity index (χ2v) is 3.71. The van der Waals surface area contributed by atoms with E-state index in [2.05, 4.69) is 0 Å². The molecule has 0 aromatic carbocycles. The zero-order chi connectivity index (χ0) is 8.43. The van der Waals surface area contributed by atoms with Crippen molar-refractivity contribution >= 4 is 22.6 Å². The molecule has 0 aliphatic heterocycles. The number of rotatable bonds is 2. The molecule has 3 heteroatoms. The molecule has 0 atom stereocenters. The molecule has 0 saturated carbocycles. The van der Waals surface area contributed by atoms with Crippen molar-refractivity contribution in [1.29, 1.82) is 0 Å². The lowest BCUT2D eigenvalue weighted by molar-refractivity contribution is 0.112. The smallest absolute Gasteiger partial charge is 0.160 e. The first-order valence-electron chi connectivity index (χ1n) is 3.38. The van der Waals surface area contributed by atoms with Crippen molar-refractivity contribution in [3.8, 4) is 0 Å². The molecule has 1 heterocycles. The molecule has 2 nitrogen and oxygen atoms in total. The van der Waals surface area contributed by atoms with Gasteiger partial charge in [-0.05, 0) is 18.6 Å². The molecular weight excluding hydrogens is 158 g/mol. The first-order chi connectivity index (χ1) is 5.15. The van der Waals surface area contributed by atoms with Crippen LogP contribution in [0.5, 0.6) is 0 Å². The van der Waals surface area contributed by atoms with Gasteiger partial charge in [-0.1, -0.05) is 0 Å². The number of carbonyl (C=O) groups is 1. The number of aldehydes is 1. The van der Waals surface area contributed by atoms with E-state index in [0.717, 1.165) is 21.7 Å². The van der Waals surface area contributed by atoms with E-state index in [4.69, 9.17) is 0 Å². The summed E-state index contributed by atoms with van der Waals surface area (Å²) in [5, 5.41) is 1.13. The number of nitrogens with zero attached hydrogens (tertiary/aromatic N) is 1. The van der Waals surface area contributed by atoms with E-state index in [-0.39, 0.29) is 0 Å². The lowest BCUT2D eigenvalue weighted by atomic mass is 10.3. The number of anilines is 1. The van der Waals surface area contributed by atoms with Crippen LogP contribution in [-0.2, 0) is 0 Å². The van der Waals surface area contributed by atoms with Gasteiger partial charge in [0.1, 0.15) is 0 Å². The van der Waals surface area contributed by atoms with Gasteiger partial charge < -0.3 is 4.90 Å². The summed E-state index contributed by atoms with van der Waals surface area (Å²) in [5.74, 6) is 0. The molecule has 0 radical (unpaired) electrons. The van der Waals surface area contributed by atoms with E-state index >= 15 is 0 Å². The van der Waals surface area contributed by atoms with Crippen molar-refractivity contribution in [3.63, 3.8) is 0 Å². The molecule has 0 bridgehead atoms. The van der Waals surface area contributed by atoms with Gasteiger partial charge in [-0.25, -0.2) is 0 Å². The van der Waals surface area contributed by atoms with Crippen LogP contribution >= 0.6 is 11.3 Å². The van der Waals surface area contributed by atoms with Gasteiger partial charge in [0.05, 0.1) is 9.88 Å². The average Bonchev–Trinajstić information content (AvgIpc) is 2.31. The quantitative estimate of drug-likeness (QED) is 0.630. The minimum absolute atomic E-state index is 0.828. The van der Waals surface area contributed by atoms with E-state index in [1.807, 2.05) is 32.0 Å². The molecule has 1 aromatic heterocycles. The molecule has 0 N–H and O–H groups in total. The predicted molar refractivity (Wildman–Crippen MR) is 48.8 cm³/mol. The number of aryl methyl sites for hydroxylation is 1. The Morgan fingerprint density at radius 3 is 2.45 bits per heavy atom. The number of hydrogen-bond acceptors (Lipinski definition) is 3. The molecule has 0 fully saturated rings. The van der Waals surface area contributed by atoms with Crippen molar-refractivity contribution in [2.75, 3.05) is 19.0 Å². The third kappa shape index (κ3) is 1.60. The van der Waals surface area contributed by atoms with Gasteiger partial charge in [0.25, 0.3) is 0 Å². The first-order valence-corrected chi connectivity index (χ1v) is 4.19. The maximum Gasteiger partial charge on any atom is 0.160 e. The molecule has 1 rings (SSSR count). The molecule has 1 aromatic rings. The van der Waals surface area contributed by atoms with E-state index in [1.165, 1.54) is 11.3 Å². The van der Waals surface area contributed by atoms with Crippen LogP contribution in [0.3, 0.4) is 0 Å². The second kappa shape index (κ2) is 3.05. The van der Waals surface area contributed by atoms with Crippen molar-refractivity contribution in [2.24, 2.45) is 0 Å². The standard InChI is InChI=1S/C8H11NOS/c1-6-4-8(9(2)3)11-7(6)5-10/h4-5H,1-3H3. The maximum absolute atomic E-state index is 10.5. The third-order valence-corrected chi connectivity index (χ3v) is 2.82. The van der Waals surface area contributed by atoms with Crippen LogP contribution in [0, 0.1) is 6.92 Å². The Morgan fingerprint density at radius 2 is 2.18 bits per heavy atom. The Bertz CT molecular complexity index is 265. The van der Waals surface area contributed by atoms with Gasteiger partial charge in [-0.15, -0.1) is 11.3 Å². The first kappa shape index (κ1) is 8.27. The summed E-state index contributed by atoms with van der Waals surface area (Å²) in [6, 6.07) is 2.02. The molecule has 60 valence electrons. The summed E-state index contributed by atoms with van der Waals surface area (Å²) in [6.07, 6.45) is 0.910. The molecule has 0 amide bonds. The maximum atomic E-state index is 10.5. The lowest BCUT2D eigenvalue weighted by Gasteiger charge is -2.06. The SMILES string of the molecule is Cc1cc(N(C)C)sc1C=O. The number of carbonyl (C=O) groups excluding carboxylic acids is 1. The van der Waals surface area contributed by atoms with E-state index in [1.54, 1.807) is 0 Å².